The molecule has 1 amide bonds. The molecule has 0 spiro atoms. The van der Waals surface area contributed by atoms with Crippen molar-refractivity contribution in [3.05, 3.63) is 81.1 Å². The van der Waals surface area contributed by atoms with Crippen LogP contribution in [0, 0.1) is 13.8 Å². The van der Waals surface area contributed by atoms with Gasteiger partial charge < -0.3 is 5.32 Å². The number of aryl methyl sites for hydroxylation is 3. The maximum atomic E-state index is 12.8. The molecule has 1 N–H and O–H groups in total. The maximum absolute atomic E-state index is 12.8. The van der Waals surface area contributed by atoms with Gasteiger partial charge in [0.15, 0.2) is 0 Å². The highest BCUT2D eigenvalue weighted by Gasteiger charge is 2.14. The highest BCUT2D eigenvalue weighted by atomic mass is 35.5. The Hall–Kier alpha value is -2.59. The first kappa shape index (κ1) is 20.2. The molecular formula is C23H26ClN3O. The third-order valence-electron chi connectivity index (χ3n) is 4.97. The molecule has 2 aromatic carbocycles. The summed E-state index contributed by atoms with van der Waals surface area (Å²) in [7, 11) is 0. The van der Waals surface area contributed by atoms with E-state index in [0.29, 0.717) is 17.1 Å². The molecule has 4 nitrogen and oxygen atoms in total. The fourth-order valence-corrected chi connectivity index (χ4v) is 3.71. The number of nitrogens with zero attached hydrogens (tertiary/aromatic N) is 2. The summed E-state index contributed by atoms with van der Waals surface area (Å²) >= 11 is 6.34. The van der Waals surface area contributed by atoms with Crippen LogP contribution in [0.4, 0.5) is 5.69 Å². The first-order valence-corrected chi connectivity index (χ1v) is 10.0. The molecule has 0 saturated heterocycles. The molecule has 1 aromatic heterocycles. The van der Waals surface area contributed by atoms with Crippen molar-refractivity contribution in [2.75, 3.05) is 5.32 Å². The Balaban J connectivity index is 1.79. The summed E-state index contributed by atoms with van der Waals surface area (Å²) in [5.74, 6) is -0.121. The Bertz CT molecular complexity index is 990. The van der Waals surface area contributed by atoms with E-state index in [0.717, 1.165) is 46.6 Å². The van der Waals surface area contributed by atoms with E-state index in [1.807, 2.05) is 61.9 Å². The predicted molar refractivity (Wildman–Crippen MR) is 115 cm³/mol. The average molecular weight is 396 g/mol. The maximum Gasteiger partial charge on any atom is 0.255 e. The molecule has 0 fully saturated rings. The van der Waals surface area contributed by atoms with E-state index in [4.69, 9.17) is 11.6 Å². The quantitative estimate of drug-likeness (QED) is 0.592. The van der Waals surface area contributed by atoms with Gasteiger partial charge in [0, 0.05) is 22.0 Å². The predicted octanol–water partition coefficient (Wildman–Crippen LogP) is 5.58. The third kappa shape index (κ3) is 4.28. The summed E-state index contributed by atoms with van der Waals surface area (Å²) in [4.78, 5) is 12.8. The van der Waals surface area contributed by atoms with E-state index in [2.05, 4.69) is 23.4 Å². The van der Waals surface area contributed by atoms with Gasteiger partial charge in [-0.05, 0) is 67.6 Å². The van der Waals surface area contributed by atoms with Crippen LogP contribution in [-0.2, 0) is 19.4 Å². The summed E-state index contributed by atoms with van der Waals surface area (Å²) in [5.41, 5.74) is 6.78. The Kier molecular flexibility index (Phi) is 6.20. The molecule has 5 heteroatoms. The molecular weight excluding hydrogens is 370 g/mol. The van der Waals surface area contributed by atoms with Crippen molar-refractivity contribution in [2.45, 2.75) is 47.1 Å². The van der Waals surface area contributed by atoms with Crippen molar-refractivity contribution in [1.82, 2.24) is 9.78 Å². The second-order valence-electron chi connectivity index (χ2n) is 7.00. The standard InChI is InChI=1S/C23H26ClN3O/c1-5-18-11-12-21(24)20(6-2)22(18)25-23(28)19-9-7-17(8-10-19)14-27-16(4)13-15(3)26-27/h7-13H,5-6,14H2,1-4H3,(H,25,28). The van der Waals surface area contributed by atoms with Crippen molar-refractivity contribution in [3.63, 3.8) is 0 Å². The van der Waals surface area contributed by atoms with E-state index in [9.17, 15) is 4.79 Å². The number of aromatic nitrogens is 2. The van der Waals surface area contributed by atoms with Crippen LogP contribution in [0.1, 0.15) is 52.3 Å². The minimum Gasteiger partial charge on any atom is -0.321 e. The SMILES string of the molecule is CCc1ccc(Cl)c(CC)c1NC(=O)c1ccc(Cn2nc(C)cc2C)cc1. The molecule has 0 bridgehead atoms. The number of rotatable bonds is 6. The molecule has 1 heterocycles. The highest BCUT2D eigenvalue weighted by molar-refractivity contribution is 6.32. The molecule has 28 heavy (non-hydrogen) atoms. The summed E-state index contributed by atoms with van der Waals surface area (Å²) in [6, 6.07) is 13.6. The second-order valence-corrected chi connectivity index (χ2v) is 7.41. The van der Waals surface area contributed by atoms with E-state index in [1.54, 1.807) is 0 Å². The number of halogens is 1. The fraction of sp³-hybridized carbons (Fsp3) is 0.304. The van der Waals surface area contributed by atoms with Crippen LogP contribution in [0.3, 0.4) is 0 Å². The molecule has 0 unspecified atom stereocenters. The molecule has 0 radical (unpaired) electrons. The Labute approximate surface area is 171 Å². The molecule has 3 aromatic rings. The first-order chi connectivity index (χ1) is 13.4. The number of anilines is 1. The van der Waals surface area contributed by atoms with Gasteiger partial charge in [-0.25, -0.2) is 0 Å². The van der Waals surface area contributed by atoms with Crippen LogP contribution in [0.25, 0.3) is 0 Å². The molecule has 0 aliphatic carbocycles. The number of hydrogen-bond donors (Lipinski definition) is 1. The number of nitrogens with one attached hydrogen (secondary N) is 1. The van der Waals surface area contributed by atoms with Gasteiger partial charge in [-0.3, -0.25) is 9.48 Å². The Morgan fingerprint density at radius 2 is 1.79 bits per heavy atom. The van der Waals surface area contributed by atoms with Crippen LogP contribution in [-0.4, -0.2) is 15.7 Å². The topological polar surface area (TPSA) is 46.9 Å². The number of amides is 1. The van der Waals surface area contributed by atoms with Gasteiger partial charge in [0.25, 0.3) is 5.91 Å². The Morgan fingerprint density at radius 3 is 2.36 bits per heavy atom. The minimum absolute atomic E-state index is 0.121. The summed E-state index contributed by atoms with van der Waals surface area (Å²) in [5, 5.41) is 8.26. The number of benzene rings is 2. The molecule has 3 rings (SSSR count). The number of hydrogen-bond acceptors (Lipinski definition) is 2. The molecule has 146 valence electrons. The van der Waals surface area contributed by atoms with Gasteiger partial charge in [-0.2, -0.15) is 5.10 Å². The lowest BCUT2D eigenvalue weighted by Gasteiger charge is -2.16. The van der Waals surface area contributed by atoms with Gasteiger partial charge in [-0.15, -0.1) is 0 Å². The second kappa shape index (κ2) is 8.61. The van der Waals surface area contributed by atoms with E-state index >= 15 is 0 Å². The highest BCUT2D eigenvalue weighted by Crippen LogP contribution is 2.30. The summed E-state index contributed by atoms with van der Waals surface area (Å²) in [6.45, 7) is 8.84. The Morgan fingerprint density at radius 1 is 1.07 bits per heavy atom. The van der Waals surface area contributed by atoms with Gasteiger partial charge >= 0.3 is 0 Å². The third-order valence-corrected chi connectivity index (χ3v) is 5.32. The lowest BCUT2D eigenvalue weighted by Crippen LogP contribution is -2.15. The van der Waals surface area contributed by atoms with Crippen molar-refractivity contribution in [2.24, 2.45) is 0 Å². The zero-order chi connectivity index (χ0) is 20.3. The van der Waals surface area contributed by atoms with Crippen molar-refractivity contribution in [1.29, 1.82) is 0 Å². The van der Waals surface area contributed by atoms with E-state index in [-0.39, 0.29) is 5.91 Å². The first-order valence-electron chi connectivity index (χ1n) is 9.64. The monoisotopic (exact) mass is 395 g/mol. The fourth-order valence-electron chi connectivity index (χ4n) is 3.42. The average Bonchev–Trinajstić information content (AvgIpc) is 2.99. The molecule has 0 aliphatic heterocycles. The summed E-state index contributed by atoms with van der Waals surface area (Å²) in [6.07, 6.45) is 1.60. The van der Waals surface area contributed by atoms with Crippen molar-refractivity contribution < 1.29 is 4.79 Å². The molecule has 0 aliphatic rings. The van der Waals surface area contributed by atoms with Crippen LogP contribution in [0.15, 0.2) is 42.5 Å². The van der Waals surface area contributed by atoms with Gasteiger partial charge in [-0.1, -0.05) is 43.6 Å². The van der Waals surface area contributed by atoms with Gasteiger partial charge in [0.05, 0.1) is 12.2 Å². The number of carbonyl (C=O) groups excluding carboxylic acids is 1. The van der Waals surface area contributed by atoms with Crippen molar-refractivity contribution >= 4 is 23.2 Å². The van der Waals surface area contributed by atoms with Crippen molar-refractivity contribution in [3.8, 4) is 0 Å². The normalized spacial score (nSPS) is 10.9. The zero-order valence-electron chi connectivity index (χ0n) is 16.8. The smallest absolute Gasteiger partial charge is 0.255 e. The van der Waals surface area contributed by atoms with E-state index < -0.39 is 0 Å². The van der Waals surface area contributed by atoms with Crippen LogP contribution in [0.5, 0.6) is 0 Å². The lowest BCUT2D eigenvalue weighted by atomic mass is 10.0. The lowest BCUT2D eigenvalue weighted by molar-refractivity contribution is 0.102. The summed E-state index contributed by atoms with van der Waals surface area (Å²) < 4.78 is 1.97. The van der Waals surface area contributed by atoms with Crippen LogP contribution < -0.4 is 5.32 Å². The minimum atomic E-state index is -0.121. The number of carbonyl (C=O) groups is 1. The van der Waals surface area contributed by atoms with E-state index in [1.165, 1.54) is 0 Å². The molecule has 0 saturated carbocycles. The van der Waals surface area contributed by atoms with Gasteiger partial charge in [0.2, 0.25) is 0 Å². The largest absolute Gasteiger partial charge is 0.321 e. The van der Waals surface area contributed by atoms with Crippen LogP contribution >= 0.6 is 11.6 Å². The van der Waals surface area contributed by atoms with Gasteiger partial charge in [0.1, 0.15) is 0 Å². The zero-order valence-corrected chi connectivity index (χ0v) is 17.6. The van der Waals surface area contributed by atoms with Crippen LogP contribution in [0.2, 0.25) is 5.02 Å². The molecule has 0 atom stereocenters.